The van der Waals surface area contributed by atoms with Gasteiger partial charge in [0.15, 0.2) is 11.5 Å². The van der Waals surface area contributed by atoms with Crippen LogP contribution < -0.4 is 0 Å². The minimum Gasteiger partial charge on any atom is -0.309 e. The third kappa shape index (κ3) is 3.10. The van der Waals surface area contributed by atoms with Gasteiger partial charge in [0.25, 0.3) is 0 Å². The van der Waals surface area contributed by atoms with Crippen molar-refractivity contribution in [2.75, 3.05) is 0 Å². The fourth-order valence-corrected chi connectivity index (χ4v) is 5.63. The summed E-state index contributed by atoms with van der Waals surface area (Å²) in [6.07, 6.45) is 2.05. The van der Waals surface area contributed by atoms with Gasteiger partial charge in [0, 0.05) is 33.6 Å². The smallest absolute Gasteiger partial charge is 0.168 e. The highest BCUT2D eigenvalue weighted by Crippen LogP contribution is 2.33. The molecule has 4 heteroatoms. The molecule has 0 bridgehead atoms. The first-order chi connectivity index (χ1) is 18.8. The van der Waals surface area contributed by atoms with Crippen LogP contribution in [0.4, 0.5) is 0 Å². The van der Waals surface area contributed by atoms with Crippen LogP contribution in [0.3, 0.4) is 0 Å². The highest BCUT2D eigenvalue weighted by Gasteiger charge is 2.13. The number of pyridine rings is 1. The molecule has 0 saturated carbocycles. The number of nitrogens with zero attached hydrogens (tertiary/aromatic N) is 4. The number of hydrogen-bond donors (Lipinski definition) is 0. The Morgan fingerprint density at radius 3 is 1.68 bits per heavy atom. The quantitative estimate of drug-likeness (QED) is 0.252. The lowest BCUT2D eigenvalue weighted by Gasteiger charge is -2.10. The summed E-state index contributed by atoms with van der Waals surface area (Å²) in [6.45, 7) is 0. The van der Waals surface area contributed by atoms with Crippen molar-refractivity contribution in [3.63, 3.8) is 0 Å². The molecule has 0 atom stereocenters. The molecule has 3 heterocycles. The highest BCUT2D eigenvalue weighted by molar-refractivity contribution is 6.09. The van der Waals surface area contributed by atoms with Gasteiger partial charge >= 0.3 is 0 Å². The second-order valence-corrected chi connectivity index (χ2v) is 9.61. The molecule has 0 spiro atoms. The Labute approximate surface area is 219 Å². The van der Waals surface area contributed by atoms with E-state index in [-0.39, 0.29) is 0 Å². The van der Waals surface area contributed by atoms with E-state index in [4.69, 9.17) is 0 Å². The minimum atomic E-state index is 0.846. The van der Waals surface area contributed by atoms with E-state index in [9.17, 15) is 0 Å². The summed E-state index contributed by atoms with van der Waals surface area (Å²) < 4.78 is 4.41. The van der Waals surface area contributed by atoms with E-state index < -0.39 is 0 Å². The van der Waals surface area contributed by atoms with E-state index in [1.165, 1.54) is 38.3 Å². The molecule has 8 rings (SSSR count). The molecule has 0 aliphatic rings. The molecule has 0 fully saturated rings. The maximum Gasteiger partial charge on any atom is 0.168 e. The molecule has 0 saturated heterocycles. The van der Waals surface area contributed by atoms with Gasteiger partial charge in [0.05, 0.1) is 11.0 Å². The standard InChI is InChI=1S/C34H22N4/c1-2-8-28-25(7-1)21-22-37-33(35-36-34(28)37)26-15-13-23(14-16-26)24-17-19-27(20-18-24)38-31-11-5-3-9-29(31)30-10-4-6-12-32(30)38/h1-22H. The van der Waals surface area contributed by atoms with E-state index in [0.29, 0.717) is 0 Å². The second kappa shape index (κ2) is 8.15. The predicted molar refractivity (Wildman–Crippen MR) is 156 cm³/mol. The first kappa shape index (κ1) is 20.9. The second-order valence-electron chi connectivity index (χ2n) is 9.61. The average molecular weight is 487 g/mol. The van der Waals surface area contributed by atoms with Gasteiger partial charge in [0.2, 0.25) is 0 Å². The highest BCUT2D eigenvalue weighted by atomic mass is 15.2. The number of fused-ring (bicyclic) bond motifs is 6. The van der Waals surface area contributed by atoms with Crippen molar-refractivity contribution in [3.8, 4) is 28.2 Å². The monoisotopic (exact) mass is 486 g/mol. The van der Waals surface area contributed by atoms with Crippen LogP contribution in [0.25, 0.3) is 66.4 Å². The molecule has 3 aromatic heterocycles. The topological polar surface area (TPSA) is 35.1 Å². The van der Waals surface area contributed by atoms with Gasteiger partial charge in [-0.2, -0.15) is 0 Å². The van der Waals surface area contributed by atoms with E-state index in [1.54, 1.807) is 0 Å². The molecule has 0 aliphatic heterocycles. The first-order valence-corrected chi connectivity index (χ1v) is 12.8. The lowest BCUT2D eigenvalue weighted by molar-refractivity contribution is 1.11. The van der Waals surface area contributed by atoms with Crippen molar-refractivity contribution < 1.29 is 0 Å². The van der Waals surface area contributed by atoms with E-state index in [0.717, 1.165) is 28.1 Å². The number of para-hydroxylation sites is 2. The molecule has 4 nitrogen and oxygen atoms in total. The molecule has 0 amide bonds. The van der Waals surface area contributed by atoms with Gasteiger partial charge in [-0.1, -0.05) is 97.1 Å². The van der Waals surface area contributed by atoms with Crippen LogP contribution in [0, 0.1) is 0 Å². The molecule has 5 aromatic carbocycles. The van der Waals surface area contributed by atoms with Crippen LogP contribution in [0.5, 0.6) is 0 Å². The maximum atomic E-state index is 4.52. The summed E-state index contributed by atoms with van der Waals surface area (Å²) in [5.74, 6) is 0.846. The maximum absolute atomic E-state index is 4.52. The Morgan fingerprint density at radius 1 is 0.447 bits per heavy atom. The summed E-state index contributed by atoms with van der Waals surface area (Å²) >= 11 is 0. The van der Waals surface area contributed by atoms with Crippen LogP contribution in [0.2, 0.25) is 0 Å². The van der Waals surface area contributed by atoms with Gasteiger partial charge < -0.3 is 4.57 Å². The molecular weight excluding hydrogens is 464 g/mol. The number of rotatable bonds is 3. The first-order valence-electron chi connectivity index (χ1n) is 12.8. The van der Waals surface area contributed by atoms with E-state index >= 15 is 0 Å². The third-order valence-electron chi connectivity index (χ3n) is 7.48. The van der Waals surface area contributed by atoms with Crippen molar-refractivity contribution in [2.45, 2.75) is 0 Å². The molecule has 38 heavy (non-hydrogen) atoms. The fraction of sp³-hybridized carbons (Fsp3) is 0. The third-order valence-corrected chi connectivity index (χ3v) is 7.48. The molecule has 0 N–H and O–H groups in total. The van der Waals surface area contributed by atoms with Gasteiger partial charge in [-0.05, 0) is 46.8 Å². The zero-order valence-electron chi connectivity index (χ0n) is 20.5. The van der Waals surface area contributed by atoms with Crippen molar-refractivity contribution in [1.82, 2.24) is 19.2 Å². The van der Waals surface area contributed by atoms with Crippen molar-refractivity contribution in [1.29, 1.82) is 0 Å². The summed E-state index contributed by atoms with van der Waals surface area (Å²) in [5.41, 5.74) is 7.87. The fourth-order valence-electron chi connectivity index (χ4n) is 5.63. The lowest BCUT2D eigenvalue weighted by Crippen LogP contribution is -1.93. The normalized spacial score (nSPS) is 11.7. The summed E-state index contributed by atoms with van der Waals surface area (Å²) in [6, 6.07) is 45.0. The summed E-state index contributed by atoms with van der Waals surface area (Å²) in [5, 5.41) is 13.8. The van der Waals surface area contributed by atoms with Crippen LogP contribution in [-0.2, 0) is 0 Å². The number of hydrogen-bond acceptors (Lipinski definition) is 2. The van der Waals surface area contributed by atoms with Crippen molar-refractivity contribution in [3.05, 3.63) is 134 Å². The predicted octanol–water partition coefficient (Wildman–Crippen LogP) is 8.31. The van der Waals surface area contributed by atoms with E-state index in [1.807, 2.05) is 18.3 Å². The van der Waals surface area contributed by atoms with Crippen LogP contribution in [0.1, 0.15) is 0 Å². The minimum absolute atomic E-state index is 0.846. The number of aromatic nitrogens is 4. The Bertz CT molecular complexity index is 2060. The molecule has 178 valence electrons. The molecule has 0 radical (unpaired) electrons. The van der Waals surface area contributed by atoms with E-state index in [2.05, 4.69) is 134 Å². The van der Waals surface area contributed by atoms with Crippen LogP contribution >= 0.6 is 0 Å². The molecular formula is C34H22N4. The Hall–Kier alpha value is -5.22. The molecule has 0 unspecified atom stereocenters. The Kier molecular flexibility index (Phi) is 4.49. The van der Waals surface area contributed by atoms with Crippen molar-refractivity contribution in [2.24, 2.45) is 0 Å². The van der Waals surface area contributed by atoms with Crippen LogP contribution in [-0.4, -0.2) is 19.2 Å². The molecule has 0 aliphatic carbocycles. The average Bonchev–Trinajstić information content (AvgIpc) is 3.57. The van der Waals surface area contributed by atoms with Crippen molar-refractivity contribution >= 4 is 38.2 Å². The van der Waals surface area contributed by atoms with Gasteiger partial charge in [0.1, 0.15) is 0 Å². The Morgan fingerprint density at radius 2 is 1.00 bits per heavy atom. The molecule has 8 aromatic rings. The van der Waals surface area contributed by atoms with Crippen LogP contribution in [0.15, 0.2) is 134 Å². The van der Waals surface area contributed by atoms with Gasteiger partial charge in [-0.25, -0.2) is 0 Å². The SMILES string of the molecule is c1ccc2c(c1)ccn1c(-c3ccc(-c4ccc(-n5c6ccccc6c6ccccc65)cc4)cc3)nnc21. The summed E-state index contributed by atoms with van der Waals surface area (Å²) in [7, 11) is 0. The zero-order chi connectivity index (χ0) is 25.1. The largest absolute Gasteiger partial charge is 0.309 e. The zero-order valence-corrected chi connectivity index (χ0v) is 20.5. The Balaban J connectivity index is 1.16. The lowest BCUT2D eigenvalue weighted by atomic mass is 10.0. The number of benzene rings is 5. The van der Waals surface area contributed by atoms with Gasteiger partial charge in [-0.3, -0.25) is 4.40 Å². The van der Waals surface area contributed by atoms with Gasteiger partial charge in [-0.15, -0.1) is 10.2 Å². The summed E-state index contributed by atoms with van der Waals surface area (Å²) in [4.78, 5) is 0.